The highest BCUT2D eigenvalue weighted by Gasteiger charge is 2.28. The molecule has 0 atom stereocenters. The maximum Gasteiger partial charge on any atom is 0.308 e. The molecule has 0 aliphatic carbocycles. The second-order valence-electron chi connectivity index (χ2n) is 2.46. The molecule has 0 aromatic heterocycles. The molecule has 1 aromatic rings. The number of phenols is 3. The van der Waals surface area contributed by atoms with Crippen LogP contribution < -0.4 is 0 Å². The lowest BCUT2D eigenvalue weighted by atomic mass is 10.1. The normalized spacial score (nSPS) is 10.8. The van der Waals surface area contributed by atoms with Crippen molar-refractivity contribution >= 4 is 12.4 Å². The van der Waals surface area contributed by atoms with Gasteiger partial charge in [-0.2, -0.15) is 0 Å². The van der Waals surface area contributed by atoms with E-state index in [2.05, 4.69) is 0 Å². The van der Waals surface area contributed by atoms with Gasteiger partial charge in [0.05, 0.1) is 5.56 Å². The van der Waals surface area contributed by atoms with Crippen LogP contribution in [0.2, 0.25) is 0 Å². The van der Waals surface area contributed by atoms with Crippen molar-refractivity contribution in [2.45, 2.75) is 5.97 Å². The van der Waals surface area contributed by atoms with Crippen LogP contribution in [0.5, 0.6) is 17.2 Å². The first-order valence-corrected chi connectivity index (χ1v) is 3.25. The van der Waals surface area contributed by atoms with Crippen molar-refractivity contribution in [2.24, 2.45) is 0 Å². The topological polar surface area (TPSA) is 121 Å². The van der Waals surface area contributed by atoms with E-state index in [1.807, 2.05) is 0 Å². The Labute approximate surface area is 84.7 Å². The lowest BCUT2D eigenvalue weighted by Gasteiger charge is -2.16. The Morgan fingerprint density at radius 2 is 1.36 bits per heavy atom. The monoisotopic (exact) mass is 224 g/mol. The highest BCUT2D eigenvalue weighted by atomic mass is 35.5. The van der Waals surface area contributed by atoms with Crippen molar-refractivity contribution in [3.8, 4) is 17.2 Å². The third kappa shape index (κ3) is 2.18. The Balaban J connectivity index is 0.00000169. The Kier molecular flexibility index (Phi) is 3.55. The van der Waals surface area contributed by atoms with Crippen LogP contribution >= 0.6 is 12.4 Å². The van der Waals surface area contributed by atoms with Gasteiger partial charge in [0, 0.05) is 0 Å². The van der Waals surface area contributed by atoms with Gasteiger partial charge in [-0.25, -0.2) is 0 Å². The van der Waals surface area contributed by atoms with E-state index >= 15 is 0 Å². The molecule has 0 amide bonds. The highest BCUT2D eigenvalue weighted by Crippen LogP contribution is 2.39. The molecule has 14 heavy (non-hydrogen) atoms. The SMILES string of the molecule is Cl.Oc1ccc(C(O)(O)O)c(O)c1O. The summed E-state index contributed by atoms with van der Waals surface area (Å²) in [6.45, 7) is 0. The molecular formula is C7H9ClO6. The average Bonchev–Trinajstić information content (AvgIpc) is 1.98. The zero-order valence-electron chi connectivity index (χ0n) is 6.75. The molecule has 0 heterocycles. The lowest BCUT2D eigenvalue weighted by Crippen LogP contribution is -2.23. The second kappa shape index (κ2) is 3.89. The van der Waals surface area contributed by atoms with Crippen molar-refractivity contribution in [3.05, 3.63) is 17.7 Å². The number of aliphatic hydroxyl groups is 3. The van der Waals surface area contributed by atoms with E-state index in [0.717, 1.165) is 12.1 Å². The average molecular weight is 225 g/mol. The van der Waals surface area contributed by atoms with Gasteiger partial charge < -0.3 is 30.6 Å². The van der Waals surface area contributed by atoms with Crippen molar-refractivity contribution < 1.29 is 30.6 Å². The number of rotatable bonds is 1. The molecular weight excluding hydrogens is 216 g/mol. The smallest absolute Gasteiger partial charge is 0.308 e. The van der Waals surface area contributed by atoms with Crippen LogP contribution in [0.1, 0.15) is 5.56 Å². The molecule has 0 fully saturated rings. The minimum atomic E-state index is -3.25. The molecule has 0 unspecified atom stereocenters. The number of hydrogen-bond acceptors (Lipinski definition) is 6. The number of halogens is 1. The Morgan fingerprint density at radius 3 is 1.79 bits per heavy atom. The van der Waals surface area contributed by atoms with Gasteiger partial charge >= 0.3 is 5.97 Å². The molecule has 0 spiro atoms. The maximum absolute atomic E-state index is 9.02. The highest BCUT2D eigenvalue weighted by molar-refractivity contribution is 5.85. The third-order valence-corrected chi connectivity index (χ3v) is 1.49. The largest absolute Gasteiger partial charge is 0.504 e. The summed E-state index contributed by atoms with van der Waals surface area (Å²) in [4.78, 5) is 0. The van der Waals surface area contributed by atoms with Gasteiger partial charge in [-0.05, 0) is 12.1 Å². The standard InChI is InChI=1S/C7H8O6.ClH/c8-4-2-1-3(7(11,12)13)5(9)6(4)10;/h1-2,8-13H;1H. The van der Waals surface area contributed by atoms with Crippen LogP contribution in [-0.4, -0.2) is 30.6 Å². The van der Waals surface area contributed by atoms with E-state index in [1.165, 1.54) is 0 Å². The molecule has 1 aromatic carbocycles. The molecule has 0 aliphatic heterocycles. The van der Waals surface area contributed by atoms with Gasteiger partial charge in [0.25, 0.3) is 0 Å². The number of hydrogen-bond donors (Lipinski definition) is 6. The van der Waals surface area contributed by atoms with Crippen molar-refractivity contribution in [2.75, 3.05) is 0 Å². The minimum Gasteiger partial charge on any atom is -0.504 e. The fraction of sp³-hybridized carbons (Fsp3) is 0.143. The number of phenolic OH excluding ortho intramolecular Hbond substituents is 3. The fourth-order valence-electron chi connectivity index (χ4n) is 0.840. The summed E-state index contributed by atoms with van der Waals surface area (Å²) in [6, 6.07) is 1.74. The summed E-state index contributed by atoms with van der Waals surface area (Å²) < 4.78 is 0. The molecule has 6 N–H and O–H groups in total. The van der Waals surface area contributed by atoms with Crippen LogP contribution in [0.3, 0.4) is 0 Å². The minimum absolute atomic E-state index is 0. The molecule has 0 radical (unpaired) electrons. The fourth-order valence-corrected chi connectivity index (χ4v) is 0.840. The predicted molar refractivity (Wildman–Crippen MR) is 47.0 cm³/mol. The van der Waals surface area contributed by atoms with Gasteiger partial charge in [-0.3, -0.25) is 0 Å². The van der Waals surface area contributed by atoms with Gasteiger partial charge in [0.2, 0.25) is 5.75 Å². The number of benzene rings is 1. The van der Waals surface area contributed by atoms with Gasteiger partial charge in [-0.1, -0.05) is 0 Å². The Bertz CT molecular complexity index is 332. The van der Waals surface area contributed by atoms with Crippen LogP contribution in [0.4, 0.5) is 0 Å². The number of aromatic hydroxyl groups is 3. The first kappa shape index (κ1) is 12.8. The van der Waals surface area contributed by atoms with E-state index < -0.39 is 28.8 Å². The van der Waals surface area contributed by atoms with Gasteiger partial charge in [0.15, 0.2) is 11.5 Å². The van der Waals surface area contributed by atoms with Crippen molar-refractivity contribution in [1.29, 1.82) is 0 Å². The maximum atomic E-state index is 9.02. The van der Waals surface area contributed by atoms with Gasteiger partial charge in [0.1, 0.15) is 0 Å². The third-order valence-electron chi connectivity index (χ3n) is 1.49. The first-order valence-electron chi connectivity index (χ1n) is 3.25. The summed E-state index contributed by atoms with van der Waals surface area (Å²) >= 11 is 0. The van der Waals surface area contributed by atoms with E-state index in [-0.39, 0.29) is 12.4 Å². The molecule has 0 aliphatic rings. The van der Waals surface area contributed by atoms with Crippen molar-refractivity contribution in [1.82, 2.24) is 0 Å². The predicted octanol–water partition coefficient (Wildman–Crippen LogP) is -0.688. The van der Waals surface area contributed by atoms with E-state index in [4.69, 9.17) is 30.6 Å². The molecule has 0 saturated heterocycles. The lowest BCUT2D eigenvalue weighted by molar-refractivity contribution is -0.324. The van der Waals surface area contributed by atoms with E-state index in [1.54, 1.807) is 0 Å². The van der Waals surface area contributed by atoms with Crippen LogP contribution in [0, 0.1) is 0 Å². The second-order valence-corrected chi connectivity index (χ2v) is 2.46. The molecule has 0 saturated carbocycles. The summed E-state index contributed by atoms with van der Waals surface area (Å²) in [5.74, 6) is -5.81. The zero-order valence-corrected chi connectivity index (χ0v) is 7.56. The summed E-state index contributed by atoms with van der Waals surface area (Å²) in [5, 5.41) is 52.7. The molecule has 80 valence electrons. The molecule has 1 rings (SSSR count). The first-order chi connectivity index (χ1) is 5.84. The summed E-state index contributed by atoms with van der Waals surface area (Å²) in [7, 11) is 0. The summed E-state index contributed by atoms with van der Waals surface area (Å²) in [5.41, 5.74) is -0.720. The van der Waals surface area contributed by atoms with Crippen LogP contribution in [-0.2, 0) is 5.97 Å². The van der Waals surface area contributed by atoms with Crippen LogP contribution in [0.15, 0.2) is 12.1 Å². The van der Waals surface area contributed by atoms with Gasteiger partial charge in [-0.15, -0.1) is 12.4 Å². The van der Waals surface area contributed by atoms with E-state index in [0.29, 0.717) is 0 Å². The van der Waals surface area contributed by atoms with E-state index in [9.17, 15) is 0 Å². The van der Waals surface area contributed by atoms with Crippen LogP contribution in [0.25, 0.3) is 0 Å². The van der Waals surface area contributed by atoms with Crippen molar-refractivity contribution in [3.63, 3.8) is 0 Å². The molecule has 7 heteroatoms. The zero-order chi connectivity index (χ0) is 10.2. The summed E-state index contributed by atoms with van der Waals surface area (Å²) in [6.07, 6.45) is 0. The molecule has 6 nitrogen and oxygen atoms in total. The quantitative estimate of drug-likeness (QED) is 0.277. The Hall–Kier alpha value is -1.21. The molecule has 0 bridgehead atoms. The Morgan fingerprint density at radius 1 is 0.857 bits per heavy atom.